The number of piperidine rings is 4. The monoisotopic (exact) mass is 511 g/mol. The number of amides is 4. The van der Waals surface area contributed by atoms with Gasteiger partial charge in [-0.25, -0.2) is 9.18 Å². The van der Waals surface area contributed by atoms with Crippen molar-refractivity contribution in [2.75, 3.05) is 63.8 Å². The molecule has 2 bridgehead atoms. The molecular weight excluding hydrogens is 473 g/mol. The predicted molar refractivity (Wildman–Crippen MR) is 137 cm³/mol. The molecule has 200 valence electrons. The van der Waals surface area contributed by atoms with Gasteiger partial charge in [-0.3, -0.25) is 9.59 Å². The highest BCUT2D eigenvalue weighted by atomic mass is 19.1. The van der Waals surface area contributed by atoms with Crippen molar-refractivity contribution >= 4 is 23.5 Å². The molecule has 37 heavy (non-hydrogen) atoms. The minimum Gasteiger partial charge on any atom is -0.366 e. The number of rotatable bonds is 2. The number of halogens is 1. The summed E-state index contributed by atoms with van der Waals surface area (Å²) in [5.74, 6) is 0.972. The average molecular weight is 512 g/mol. The number of hydrogen-bond donors (Lipinski definition) is 0. The molecular formula is C28H38FN5O3. The van der Waals surface area contributed by atoms with Crippen LogP contribution >= 0.6 is 0 Å². The lowest BCUT2D eigenvalue weighted by molar-refractivity contribution is -0.144. The number of para-hydroxylation sites is 1. The molecule has 6 rings (SSSR count). The molecule has 5 fully saturated rings. The third-order valence-corrected chi connectivity index (χ3v) is 9.35. The normalized spacial score (nSPS) is 28.8. The average Bonchev–Trinajstić information content (AvgIpc) is 2.93. The Bertz CT molecular complexity index is 1040. The largest absolute Gasteiger partial charge is 0.366 e. The van der Waals surface area contributed by atoms with Crippen LogP contribution in [0.4, 0.5) is 14.9 Å². The number of carbonyl (C=O) groups is 3. The Morgan fingerprint density at radius 1 is 0.838 bits per heavy atom. The van der Waals surface area contributed by atoms with Crippen LogP contribution in [0.2, 0.25) is 0 Å². The van der Waals surface area contributed by atoms with Gasteiger partial charge in [-0.15, -0.1) is 0 Å². The Morgan fingerprint density at radius 3 is 2.35 bits per heavy atom. The van der Waals surface area contributed by atoms with E-state index in [9.17, 15) is 18.8 Å². The fourth-order valence-electron chi connectivity index (χ4n) is 7.42. The van der Waals surface area contributed by atoms with Gasteiger partial charge in [0.2, 0.25) is 11.8 Å². The van der Waals surface area contributed by atoms with Crippen molar-refractivity contribution in [3.63, 3.8) is 0 Å². The van der Waals surface area contributed by atoms with E-state index in [1.165, 1.54) is 6.07 Å². The molecule has 0 N–H and O–H groups in total. The molecule has 0 saturated carbocycles. The summed E-state index contributed by atoms with van der Waals surface area (Å²) in [5, 5.41) is 0. The van der Waals surface area contributed by atoms with Crippen LogP contribution in [0.1, 0.15) is 38.5 Å². The zero-order valence-corrected chi connectivity index (χ0v) is 21.6. The predicted octanol–water partition coefficient (Wildman–Crippen LogP) is 2.64. The van der Waals surface area contributed by atoms with Gasteiger partial charge in [-0.2, -0.15) is 0 Å². The number of fused-ring (bicyclic) bond motifs is 4. The zero-order valence-electron chi connectivity index (χ0n) is 21.6. The SMILES string of the molecule is O=C(C1CCN(C(=O)N2CC3CC(C2)[C@H]2CCCC(=O)N2C3)CC1)N1CCN(c2ccccc2F)CC1. The van der Waals surface area contributed by atoms with Gasteiger partial charge in [0, 0.05) is 77.3 Å². The molecule has 0 aliphatic carbocycles. The van der Waals surface area contributed by atoms with Crippen LogP contribution in [0.5, 0.6) is 0 Å². The first kappa shape index (κ1) is 24.5. The molecule has 1 aromatic rings. The van der Waals surface area contributed by atoms with E-state index in [2.05, 4.69) is 4.90 Å². The fraction of sp³-hybridized carbons (Fsp3) is 0.679. The lowest BCUT2D eigenvalue weighted by Crippen LogP contribution is -2.62. The highest BCUT2D eigenvalue weighted by molar-refractivity contribution is 5.80. The highest BCUT2D eigenvalue weighted by Gasteiger charge is 2.45. The third-order valence-electron chi connectivity index (χ3n) is 9.35. The number of likely N-dealkylation sites (tertiary alicyclic amines) is 2. The molecule has 3 atom stereocenters. The van der Waals surface area contributed by atoms with Crippen molar-refractivity contribution in [2.24, 2.45) is 17.8 Å². The van der Waals surface area contributed by atoms with Gasteiger partial charge in [0.1, 0.15) is 5.82 Å². The highest BCUT2D eigenvalue weighted by Crippen LogP contribution is 2.38. The summed E-state index contributed by atoms with van der Waals surface area (Å²) in [5.41, 5.74) is 0.603. The van der Waals surface area contributed by atoms with Crippen LogP contribution in [-0.4, -0.2) is 102 Å². The second kappa shape index (κ2) is 10.1. The first-order valence-electron chi connectivity index (χ1n) is 14.1. The summed E-state index contributed by atoms with van der Waals surface area (Å²) in [6.07, 6.45) is 5.22. The van der Waals surface area contributed by atoms with Crippen LogP contribution in [-0.2, 0) is 9.59 Å². The Kier molecular flexibility index (Phi) is 6.71. The zero-order chi connectivity index (χ0) is 25.5. The molecule has 8 nitrogen and oxygen atoms in total. The summed E-state index contributed by atoms with van der Waals surface area (Å²) in [6, 6.07) is 7.21. The Balaban J connectivity index is 0.991. The number of urea groups is 1. The molecule has 1 aromatic carbocycles. The first-order valence-corrected chi connectivity index (χ1v) is 14.1. The first-order chi connectivity index (χ1) is 18.0. The molecule has 0 aromatic heterocycles. The lowest BCUT2D eigenvalue weighted by Gasteiger charge is -2.53. The molecule has 2 unspecified atom stereocenters. The van der Waals surface area contributed by atoms with E-state index in [1.807, 2.05) is 25.7 Å². The lowest BCUT2D eigenvalue weighted by atomic mass is 9.76. The maximum Gasteiger partial charge on any atom is 0.320 e. The number of carbonyl (C=O) groups excluding carboxylic acids is 3. The van der Waals surface area contributed by atoms with E-state index < -0.39 is 0 Å². The number of hydrogen-bond acceptors (Lipinski definition) is 4. The van der Waals surface area contributed by atoms with Crippen LogP contribution < -0.4 is 4.90 Å². The molecule has 9 heteroatoms. The maximum atomic E-state index is 14.1. The number of anilines is 1. The smallest absolute Gasteiger partial charge is 0.320 e. The van der Waals surface area contributed by atoms with E-state index in [4.69, 9.17) is 0 Å². The van der Waals surface area contributed by atoms with Gasteiger partial charge in [0.25, 0.3) is 0 Å². The van der Waals surface area contributed by atoms with E-state index in [0.29, 0.717) is 88.0 Å². The number of piperazine rings is 1. The Morgan fingerprint density at radius 2 is 1.59 bits per heavy atom. The summed E-state index contributed by atoms with van der Waals surface area (Å²) >= 11 is 0. The van der Waals surface area contributed by atoms with Crippen molar-refractivity contribution in [1.82, 2.24) is 19.6 Å². The second-order valence-corrected chi connectivity index (χ2v) is 11.6. The van der Waals surface area contributed by atoms with Gasteiger partial charge < -0.3 is 24.5 Å². The topological polar surface area (TPSA) is 67.4 Å². The van der Waals surface area contributed by atoms with Crippen LogP contribution in [0.25, 0.3) is 0 Å². The quantitative estimate of drug-likeness (QED) is 0.612. The van der Waals surface area contributed by atoms with Crippen LogP contribution in [0, 0.1) is 23.6 Å². The van der Waals surface area contributed by atoms with Gasteiger partial charge in [0.15, 0.2) is 0 Å². The van der Waals surface area contributed by atoms with E-state index in [0.717, 1.165) is 38.9 Å². The summed E-state index contributed by atoms with van der Waals surface area (Å²) in [4.78, 5) is 49.1. The van der Waals surface area contributed by atoms with E-state index in [1.54, 1.807) is 12.1 Å². The van der Waals surface area contributed by atoms with Crippen molar-refractivity contribution in [1.29, 1.82) is 0 Å². The Labute approximate surface area is 218 Å². The fourth-order valence-corrected chi connectivity index (χ4v) is 7.42. The standard InChI is InChI=1S/C28H38FN5O3/c29-23-4-1-2-5-25(23)30-12-14-31(15-13-30)27(36)21-8-10-32(11-9-21)28(37)33-17-20-16-22(19-33)24-6-3-7-26(35)34(24)18-20/h1-2,4-5,20-22,24H,3,6-19H2/t20?,22?,24-/m1/s1. The van der Waals surface area contributed by atoms with E-state index >= 15 is 0 Å². The summed E-state index contributed by atoms with van der Waals surface area (Å²) < 4.78 is 14.1. The summed E-state index contributed by atoms with van der Waals surface area (Å²) in [7, 11) is 0. The molecule has 5 saturated heterocycles. The third kappa shape index (κ3) is 4.77. The van der Waals surface area contributed by atoms with Crippen LogP contribution in [0.15, 0.2) is 24.3 Å². The van der Waals surface area contributed by atoms with Crippen molar-refractivity contribution in [3.8, 4) is 0 Å². The Hall–Kier alpha value is -2.84. The van der Waals surface area contributed by atoms with Crippen molar-refractivity contribution in [3.05, 3.63) is 30.1 Å². The maximum absolute atomic E-state index is 14.1. The molecule has 4 amide bonds. The van der Waals surface area contributed by atoms with E-state index in [-0.39, 0.29) is 23.7 Å². The van der Waals surface area contributed by atoms with Crippen LogP contribution in [0.3, 0.4) is 0 Å². The van der Waals surface area contributed by atoms with Gasteiger partial charge >= 0.3 is 6.03 Å². The minimum atomic E-state index is -0.221. The number of benzene rings is 1. The molecule has 5 heterocycles. The van der Waals surface area contributed by atoms with Crippen molar-refractivity contribution in [2.45, 2.75) is 44.6 Å². The van der Waals surface area contributed by atoms with Gasteiger partial charge in [-0.1, -0.05) is 12.1 Å². The second-order valence-electron chi connectivity index (χ2n) is 11.6. The molecule has 0 spiro atoms. The molecule has 0 radical (unpaired) electrons. The summed E-state index contributed by atoms with van der Waals surface area (Å²) in [6.45, 7) is 5.97. The van der Waals surface area contributed by atoms with Gasteiger partial charge in [-0.05, 0) is 56.1 Å². The van der Waals surface area contributed by atoms with Crippen molar-refractivity contribution < 1.29 is 18.8 Å². The number of nitrogens with zero attached hydrogens (tertiary/aromatic N) is 5. The van der Waals surface area contributed by atoms with Gasteiger partial charge in [0.05, 0.1) is 5.69 Å². The molecule has 5 aliphatic heterocycles. The molecule has 5 aliphatic rings. The minimum absolute atomic E-state index is 0.0494.